The first-order chi connectivity index (χ1) is 8.98. The van der Waals surface area contributed by atoms with E-state index < -0.39 is 15.3 Å². The third-order valence-electron chi connectivity index (χ3n) is 2.41. The summed E-state index contributed by atoms with van der Waals surface area (Å²) in [7, 11) is -3.82. The van der Waals surface area contributed by atoms with Crippen molar-refractivity contribution in [3.05, 3.63) is 29.3 Å². The SMILES string of the molecule is CCC(C#N)S(=O)(=O)Nc1ccc(C#N)c(C#N)c1. The van der Waals surface area contributed by atoms with E-state index in [0.717, 1.165) is 0 Å². The van der Waals surface area contributed by atoms with Crippen molar-refractivity contribution in [1.82, 2.24) is 0 Å². The molecular weight excluding hydrogens is 264 g/mol. The van der Waals surface area contributed by atoms with Gasteiger partial charge in [0.25, 0.3) is 0 Å². The van der Waals surface area contributed by atoms with Crippen molar-refractivity contribution in [2.75, 3.05) is 4.72 Å². The van der Waals surface area contributed by atoms with Crippen molar-refractivity contribution < 1.29 is 8.42 Å². The molecule has 0 aliphatic rings. The summed E-state index contributed by atoms with van der Waals surface area (Å²) in [6.45, 7) is 1.59. The van der Waals surface area contributed by atoms with Crippen molar-refractivity contribution in [1.29, 1.82) is 15.8 Å². The quantitative estimate of drug-likeness (QED) is 0.892. The van der Waals surface area contributed by atoms with Gasteiger partial charge in [-0.1, -0.05) is 6.92 Å². The van der Waals surface area contributed by atoms with E-state index in [1.807, 2.05) is 12.1 Å². The van der Waals surface area contributed by atoms with Crippen LogP contribution in [0.2, 0.25) is 0 Å². The zero-order chi connectivity index (χ0) is 14.5. The van der Waals surface area contributed by atoms with Crippen LogP contribution in [-0.4, -0.2) is 13.7 Å². The van der Waals surface area contributed by atoms with Crippen LogP contribution >= 0.6 is 0 Å². The standard InChI is InChI=1S/C12H10N4O2S/c1-2-12(8-15)19(17,18)16-11-4-3-9(6-13)10(5-11)7-14/h3-5,12,16H,2H2,1H3. The largest absolute Gasteiger partial charge is 0.282 e. The van der Waals surface area contributed by atoms with Crippen LogP contribution in [0.15, 0.2) is 18.2 Å². The van der Waals surface area contributed by atoms with Gasteiger partial charge in [-0.25, -0.2) is 8.42 Å². The van der Waals surface area contributed by atoms with Crippen molar-refractivity contribution in [3.8, 4) is 18.2 Å². The number of hydrogen-bond donors (Lipinski definition) is 1. The summed E-state index contributed by atoms with van der Waals surface area (Å²) in [5, 5.41) is 25.2. The molecule has 0 bridgehead atoms. The monoisotopic (exact) mass is 274 g/mol. The Morgan fingerprint density at radius 2 is 1.84 bits per heavy atom. The van der Waals surface area contributed by atoms with Crippen LogP contribution in [0.25, 0.3) is 0 Å². The van der Waals surface area contributed by atoms with E-state index >= 15 is 0 Å². The fourth-order valence-electron chi connectivity index (χ4n) is 1.41. The highest BCUT2D eigenvalue weighted by molar-refractivity contribution is 7.93. The predicted octanol–water partition coefficient (Wildman–Crippen LogP) is 1.47. The molecule has 0 radical (unpaired) electrons. The summed E-state index contributed by atoms with van der Waals surface area (Å²) in [6, 6.07) is 9.32. The molecule has 1 atom stereocenters. The second-order valence-electron chi connectivity index (χ2n) is 3.66. The average molecular weight is 274 g/mol. The fourth-order valence-corrected chi connectivity index (χ4v) is 2.59. The van der Waals surface area contributed by atoms with Crippen LogP contribution < -0.4 is 4.72 Å². The van der Waals surface area contributed by atoms with Gasteiger partial charge < -0.3 is 0 Å². The van der Waals surface area contributed by atoms with Crippen LogP contribution in [0.1, 0.15) is 24.5 Å². The van der Waals surface area contributed by atoms with E-state index in [1.165, 1.54) is 18.2 Å². The molecule has 0 fully saturated rings. The molecule has 0 saturated carbocycles. The van der Waals surface area contributed by atoms with Crippen LogP contribution in [0.3, 0.4) is 0 Å². The Labute approximate surface area is 111 Å². The number of nitrogens with one attached hydrogen (secondary N) is 1. The van der Waals surface area contributed by atoms with E-state index in [4.69, 9.17) is 15.8 Å². The van der Waals surface area contributed by atoms with Crippen LogP contribution in [0.4, 0.5) is 5.69 Å². The smallest absolute Gasteiger partial charge is 0.249 e. The number of nitrogens with zero attached hydrogens (tertiary/aromatic N) is 3. The molecule has 0 aliphatic heterocycles. The van der Waals surface area contributed by atoms with E-state index in [9.17, 15) is 8.42 Å². The zero-order valence-electron chi connectivity index (χ0n) is 10.1. The third-order valence-corrected chi connectivity index (χ3v) is 4.12. The molecule has 1 unspecified atom stereocenters. The number of nitriles is 3. The minimum Gasteiger partial charge on any atom is -0.282 e. The normalized spacial score (nSPS) is 11.7. The lowest BCUT2D eigenvalue weighted by Crippen LogP contribution is -2.25. The minimum absolute atomic E-state index is 0.0766. The first kappa shape index (κ1) is 14.5. The van der Waals surface area contributed by atoms with Gasteiger partial charge in [-0.05, 0) is 24.6 Å². The molecule has 0 amide bonds. The first-order valence-electron chi connectivity index (χ1n) is 5.34. The van der Waals surface area contributed by atoms with E-state index in [2.05, 4.69) is 4.72 Å². The summed E-state index contributed by atoms with van der Waals surface area (Å²) in [5.74, 6) is 0. The molecule has 7 heteroatoms. The van der Waals surface area contributed by atoms with E-state index in [1.54, 1.807) is 13.0 Å². The Bertz CT molecular complexity index is 705. The second-order valence-corrected chi connectivity index (χ2v) is 5.52. The molecule has 0 saturated heterocycles. The van der Waals surface area contributed by atoms with Crippen molar-refractivity contribution >= 4 is 15.7 Å². The Morgan fingerprint density at radius 1 is 1.21 bits per heavy atom. The lowest BCUT2D eigenvalue weighted by atomic mass is 10.1. The maximum atomic E-state index is 11.8. The van der Waals surface area contributed by atoms with Gasteiger partial charge in [-0.3, -0.25) is 4.72 Å². The summed E-state index contributed by atoms with van der Waals surface area (Å²) in [6.07, 6.45) is 0.160. The van der Waals surface area contributed by atoms with E-state index in [0.29, 0.717) is 0 Å². The number of rotatable bonds is 4. The van der Waals surface area contributed by atoms with Gasteiger partial charge in [-0.2, -0.15) is 15.8 Å². The Balaban J connectivity index is 3.13. The number of benzene rings is 1. The molecular formula is C12H10N4O2S. The average Bonchev–Trinajstić information content (AvgIpc) is 2.39. The summed E-state index contributed by atoms with van der Waals surface area (Å²) >= 11 is 0. The van der Waals surface area contributed by atoms with Crippen molar-refractivity contribution in [3.63, 3.8) is 0 Å². The molecule has 0 aromatic heterocycles. The molecule has 1 N–H and O–H groups in total. The van der Waals surface area contributed by atoms with Crippen molar-refractivity contribution in [2.45, 2.75) is 18.6 Å². The van der Waals surface area contributed by atoms with Crippen molar-refractivity contribution in [2.24, 2.45) is 0 Å². The summed E-state index contributed by atoms with van der Waals surface area (Å²) in [5.41, 5.74) is 0.398. The first-order valence-corrected chi connectivity index (χ1v) is 6.88. The van der Waals surface area contributed by atoms with Gasteiger partial charge in [0, 0.05) is 5.69 Å². The zero-order valence-corrected chi connectivity index (χ0v) is 10.9. The minimum atomic E-state index is -3.82. The highest BCUT2D eigenvalue weighted by Gasteiger charge is 2.23. The molecule has 6 nitrogen and oxygen atoms in total. The Hall–Kier alpha value is -2.56. The Morgan fingerprint density at radius 3 is 2.32 bits per heavy atom. The topological polar surface area (TPSA) is 118 Å². The molecule has 0 heterocycles. The van der Waals surface area contributed by atoms with Gasteiger partial charge in [0.1, 0.15) is 12.1 Å². The van der Waals surface area contributed by atoms with Gasteiger partial charge in [0.15, 0.2) is 5.25 Å². The van der Waals surface area contributed by atoms with Gasteiger partial charge in [0.05, 0.1) is 17.2 Å². The maximum absolute atomic E-state index is 11.8. The number of hydrogen-bond acceptors (Lipinski definition) is 5. The number of sulfonamides is 1. The summed E-state index contributed by atoms with van der Waals surface area (Å²) < 4.78 is 25.9. The molecule has 0 spiro atoms. The maximum Gasteiger partial charge on any atom is 0.249 e. The lowest BCUT2D eigenvalue weighted by Gasteiger charge is -2.11. The van der Waals surface area contributed by atoms with E-state index in [-0.39, 0.29) is 23.2 Å². The highest BCUT2D eigenvalue weighted by atomic mass is 32.2. The summed E-state index contributed by atoms with van der Waals surface area (Å²) in [4.78, 5) is 0. The van der Waals surface area contributed by atoms with Gasteiger partial charge >= 0.3 is 0 Å². The third kappa shape index (κ3) is 3.22. The fraction of sp³-hybridized carbons (Fsp3) is 0.250. The lowest BCUT2D eigenvalue weighted by molar-refractivity contribution is 0.593. The Kier molecular flexibility index (Phi) is 4.47. The highest BCUT2D eigenvalue weighted by Crippen LogP contribution is 2.17. The second kappa shape index (κ2) is 5.86. The molecule has 1 rings (SSSR count). The molecule has 1 aromatic carbocycles. The van der Waals surface area contributed by atoms with Gasteiger partial charge in [-0.15, -0.1) is 0 Å². The molecule has 0 aliphatic carbocycles. The van der Waals surface area contributed by atoms with Crippen LogP contribution in [-0.2, 0) is 10.0 Å². The van der Waals surface area contributed by atoms with Crippen LogP contribution in [0, 0.1) is 34.0 Å². The number of anilines is 1. The van der Waals surface area contributed by atoms with Gasteiger partial charge in [0.2, 0.25) is 10.0 Å². The van der Waals surface area contributed by atoms with Crippen LogP contribution in [0.5, 0.6) is 0 Å². The molecule has 96 valence electrons. The predicted molar refractivity (Wildman–Crippen MR) is 68.1 cm³/mol. The molecule has 1 aromatic rings. The molecule has 19 heavy (non-hydrogen) atoms.